The summed E-state index contributed by atoms with van der Waals surface area (Å²) in [4.78, 5) is 11.8. The van der Waals surface area contributed by atoms with Crippen LogP contribution < -0.4 is 0 Å². The van der Waals surface area contributed by atoms with E-state index >= 15 is 0 Å². The third-order valence-corrected chi connectivity index (χ3v) is 2.65. The highest BCUT2D eigenvalue weighted by Gasteiger charge is 2.30. The number of alkyl halides is 3. The zero-order valence-electron chi connectivity index (χ0n) is 10.9. The number of nitrogens with zero attached hydrogens (tertiary/aromatic N) is 1. The van der Waals surface area contributed by atoms with Crippen LogP contribution in [0.1, 0.15) is 29.3 Å². The minimum atomic E-state index is -4.38. The van der Waals surface area contributed by atoms with Gasteiger partial charge in [0.25, 0.3) is 0 Å². The van der Waals surface area contributed by atoms with Crippen molar-refractivity contribution < 1.29 is 27.5 Å². The Morgan fingerprint density at radius 1 is 1.35 bits per heavy atom. The van der Waals surface area contributed by atoms with Gasteiger partial charge >= 0.3 is 12.1 Å². The van der Waals surface area contributed by atoms with Gasteiger partial charge in [-0.2, -0.15) is 13.2 Å². The van der Waals surface area contributed by atoms with Gasteiger partial charge in [0.15, 0.2) is 0 Å². The lowest BCUT2D eigenvalue weighted by Gasteiger charge is -2.23. The van der Waals surface area contributed by atoms with E-state index in [1.54, 1.807) is 6.92 Å². The van der Waals surface area contributed by atoms with E-state index in [0.717, 1.165) is 11.0 Å². The highest BCUT2D eigenvalue weighted by molar-refractivity contribution is 5.88. The smallest absolute Gasteiger partial charge is 0.401 e. The van der Waals surface area contributed by atoms with E-state index in [1.165, 1.54) is 12.1 Å². The van der Waals surface area contributed by atoms with Crippen molar-refractivity contribution in [1.29, 1.82) is 0 Å². The summed E-state index contributed by atoms with van der Waals surface area (Å²) in [5.74, 6) is -2.43. The highest BCUT2D eigenvalue weighted by atomic mass is 19.4. The first-order valence-corrected chi connectivity index (χ1v) is 6.04. The Labute approximate surface area is 113 Å². The zero-order chi connectivity index (χ0) is 15.3. The zero-order valence-corrected chi connectivity index (χ0v) is 10.9. The molecule has 0 aromatic heterocycles. The lowest BCUT2D eigenvalue weighted by molar-refractivity contribution is -0.147. The second kappa shape index (κ2) is 6.69. The molecule has 3 nitrogen and oxygen atoms in total. The lowest BCUT2D eigenvalue weighted by atomic mass is 10.1. The van der Waals surface area contributed by atoms with Crippen LogP contribution in [0.25, 0.3) is 0 Å². The Bertz CT molecular complexity index is 474. The monoisotopic (exact) mass is 293 g/mol. The SMILES string of the molecule is CCCN(Cc1cccc(C(=O)O)c1F)CC(F)(F)F. The fraction of sp³-hybridized carbons (Fsp3) is 0.462. The Morgan fingerprint density at radius 2 is 2.00 bits per heavy atom. The van der Waals surface area contributed by atoms with Gasteiger partial charge in [-0.05, 0) is 19.0 Å². The van der Waals surface area contributed by atoms with Gasteiger partial charge in [-0.25, -0.2) is 9.18 Å². The van der Waals surface area contributed by atoms with E-state index < -0.39 is 30.1 Å². The summed E-state index contributed by atoms with van der Waals surface area (Å²) in [5.41, 5.74) is -0.589. The molecule has 0 aliphatic heterocycles. The molecule has 0 atom stereocenters. The molecule has 0 aliphatic rings. The third kappa shape index (κ3) is 4.80. The number of aromatic carboxylic acids is 1. The van der Waals surface area contributed by atoms with Gasteiger partial charge in [-0.3, -0.25) is 4.90 Å². The first-order chi connectivity index (χ1) is 9.24. The number of carboxylic acid groups (broad SMARTS) is 1. The fourth-order valence-electron chi connectivity index (χ4n) is 1.89. The molecule has 1 rings (SSSR count). The average Bonchev–Trinajstić information content (AvgIpc) is 2.29. The summed E-state index contributed by atoms with van der Waals surface area (Å²) in [6.07, 6.45) is -3.90. The number of carbonyl (C=O) groups is 1. The van der Waals surface area contributed by atoms with Crippen molar-refractivity contribution in [2.75, 3.05) is 13.1 Å². The van der Waals surface area contributed by atoms with Gasteiger partial charge < -0.3 is 5.11 Å². The van der Waals surface area contributed by atoms with Crippen LogP contribution in [-0.4, -0.2) is 35.2 Å². The molecule has 0 unspecified atom stereocenters. The number of hydrogen-bond donors (Lipinski definition) is 1. The summed E-state index contributed by atoms with van der Waals surface area (Å²) in [6.45, 7) is 0.432. The Morgan fingerprint density at radius 3 is 2.50 bits per heavy atom. The van der Waals surface area contributed by atoms with Crippen molar-refractivity contribution in [2.45, 2.75) is 26.1 Å². The molecule has 0 bridgehead atoms. The maximum absolute atomic E-state index is 13.9. The molecule has 0 heterocycles. The van der Waals surface area contributed by atoms with Gasteiger partial charge in [-0.15, -0.1) is 0 Å². The molecule has 0 amide bonds. The summed E-state index contributed by atoms with van der Waals surface area (Å²) >= 11 is 0. The first kappa shape index (κ1) is 16.4. The number of halogens is 4. The minimum Gasteiger partial charge on any atom is -0.478 e. The number of benzene rings is 1. The largest absolute Gasteiger partial charge is 0.478 e. The molecular weight excluding hydrogens is 278 g/mol. The summed E-state index contributed by atoms with van der Waals surface area (Å²) in [6, 6.07) is 3.69. The van der Waals surface area contributed by atoms with Crippen LogP contribution in [0.3, 0.4) is 0 Å². The summed E-state index contributed by atoms with van der Waals surface area (Å²) in [5, 5.41) is 8.78. The Balaban J connectivity index is 2.94. The number of rotatable bonds is 6. The van der Waals surface area contributed by atoms with Crippen molar-refractivity contribution in [3.8, 4) is 0 Å². The van der Waals surface area contributed by atoms with Gasteiger partial charge in [0.05, 0.1) is 12.1 Å². The van der Waals surface area contributed by atoms with Gasteiger partial charge in [-0.1, -0.05) is 19.1 Å². The molecule has 1 N–H and O–H groups in total. The number of hydrogen-bond acceptors (Lipinski definition) is 2. The van der Waals surface area contributed by atoms with E-state index in [4.69, 9.17) is 5.11 Å². The normalized spacial score (nSPS) is 11.9. The predicted molar refractivity (Wildman–Crippen MR) is 65.0 cm³/mol. The van der Waals surface area contributed by atoms with Crippen LogP contribution in [0.4, 0.5) is 17.6 Å². The topological polar surface area (TPSA) is 40.5 Å². The molecule has 1 aromatic carbocycles. The van der Waals surface area contributed by atoms with Crippen molar-refractivity contribution in [3.05, 3.63) is 35.1 Å². The van der Waals surface area contributed by atoms with Crippen molar-refractivity contribution in [1.82, 2.24) is 4.90 Å². The maximum atomic E-state index is 13.9. The van der Waals surface area contributed by atoms with Crippen LogP contribution in [0.15, 0.2) is 18.2 Å². The van der Waals surface area contributed by atoms with Crippen LogP contribution in [0.2, 0.25) is 0 Å². The van der Waals surface area contributed by atoms with Crippen LogP contribution >= 0.6 is 0 Å². The maximum Gasteiger partial charge on any atom is 0.401 e. The van der Waals surface area contributed by atoms with Crippen LogP contribution in [-0.2, 0) is 6.54 Å². The van der Waals surface area contributed by atoms with Crippen molar-refractivity contribution >= 4 is 5.97 Å². The minimum absolute atomic E-state index is 0.0531. The second-order valence-corrected chi connectivity index (χ2v) is 4.41. The second-order valence-electron chi connectivity index (χ2n) is 4.41. The highest BCUT2D eigenvalue weighted by Crippen LogP contribution is 2.20. The van der Waals surface area contributed by atoms with E-state index in [2.05, 4.69) is 0 Å². The van der Waals surface area contributed by atoms with Crippen molar-refractivity contribution in [2.24, 2.45) is 0 Å². The molecule has 0 fully saturated rings. The van der Waals surface area contributed by atoms with E-state index in [1.807, 2.05) is 0 Å². The Hall–Kier alpha value is -1.63. The van der Waals surface area contributed by atoms with Crippen LogP contribution in [0, 0.1) is 5.82 Å². The summed E-state index contributed by atoms with van der Waals surface area (Å²) < 4.78 is 51.1. The molecule has 0 saturated carbocycles. The van der Waals surface area contributed by atoms with Crippen molar-refractivity contribution in [3.63, 3.8) is 0 Å². The van der Waals surface area contributed by atoms with E-state index in [9.17, 15) is 22.4 Å². The third-order valence-electron chi connectivity index (χ3n) is 2.65. The lowest BCUT2D eigenvalue weighted by Crippen LogP contribution is -2.34. The van der Waals surface area contributed by atoms with E-state index in [-0.39, 0.29) is 18.7 Å². The average molecular weight is 293 g/mol. The van der Waals surface area contributed by atoms with Crippen LogP contribution in [0.5, 0.6) is 0 Å². The van der Waals surface area contributed by atoms with Gasteiger partial charge in [0.1, 0.15) is 5.82 Å². The predicted octanol–water partition coefficient (Wildman–Crippen LogP) is 3.30. The molecular formula is C13H15F4NO2. The van der Waals surface area contributed by atoms with Gasteiger partial charge in [0.2, 0.25) is 0 Å². The molecule has 0 radical (unpaired) electrons. The summed E-state index contributed by atoms with van der Waals surface area (Å²) in [7, 11) is 0. The quantitative estimate of drug-likeness (QED) is 0.818. The van der Waals surface area contributed by atoms with E-state index in [0.29, 0.717) is 6.42 Å². The molecule has 0 aliphatic carbocycles. The number of carboxylic acids is 1. The van der Waals surface area contributed by atoms with Gasteiger partial charge in [0, 0.05) is 12.1 Å². The molecule has 1 aromatic rings. The molecule has 20 heavy (non-hydrogen) atoms. The standard InChI is InChI=1S/C13H15F4NO2/c1-2-6-18(8-13(15,16)17)7-9-4-3-5-10(11(9)14)12(19)20/h3-5H,2,6-8H2,1H3,(H,19,20). The fourth-order valence-corrected chi connectivity index (χ4v) is 1.89. The molecule has 0 saturated heterocycles. The first-order valence-electron chi connectivity index (χ1n) is 6.04. The molecule has 112 valence electrons. The Kier molecular flexibility index (Phi) is 5.50. The molecule has 7 heteroatoms. The molecule has 0 spiro atoms.